The second-order valence-corrected chi connectivity index (χ2v) is 21.4. The number of hydrogen-bond donors (Lipinski definition) is 0. The van der Waals surface area contributed by atoms with Gasteiger partial charge >= 0.3 is 17.9 Å². The summed E-state index contributed by atoms with van der Waals surface area (Å²) >= 11 is 0. The lowest BCUT2D eigenvalue weighted by Gasteiger charge is -2.18. The lowest BCUT2D eigenvalue weighted by Crippen LogP contribution is -2.30. The zero-order valence-corrected chi connectivity index (χ0v) is 44.1. The molecule has 0 aromatic heterocycles. The molecule has 0 saturated heterocycles. The number of carbonyl (C=O) groups excluding carboxylic acids is 3. The van der Waals surface area contributed by atoms with Gasteiger partial charge in [-0.3, -0.25) is 14.4 Å². The van der Waals surface area contributed by atoms with E-state index in [-0.39, 0.29) is 31.1 Å². The monoisotopic (exact) mass is 905 g/mol. The van der Waals surface area contributed by atoms with Gasteiger partial charge in [0, 0.05) is 19.3 Å². The summed E-state index contributed by atoms with van der Waals surface area (Å²) in [4.78, 5) is 38.1. The molecule has 0 amide bonds. The largest absolute Gasteiger partial charge is 0.462 e. The van der Waals surface area contributed by atoms with Crippen LogP contribution in [0.15, 0.2) is 0 Å². The van der Waals surface area contributed by atoms with Crippen molar-refractivity contribution in [2.24, 2.45) is 17.8 Å². The molecule has 1 atom stereocenters. The SMILES string of the molecule is CC(C)CCCCCCCCCCCCCCCCCC(=O)OC[C@H](COC(=O)CCCCCCCCCC(C)C)OC(=O)CCCCCCCCCCCCCCCCCC(C)C. The predicted molar refractivity (Wildman–Crippen MR) is 275 cm³/mol. The minimum atomic E-state index is -0.763. The van der Waals surface area contributed by atoms with Gasteiger partial charge in [-0.05, 0) is 37.0 Å². The lowest BCUT2D eigenvalue weighted by molar-refractivity contribution is -0.167. The number of hydrogen-bond acceptors (Lipinski definition) is 6. The van der Waals surface area contributed by atoms with E-state index in [1.165, 1.54) is 199 Å². The van der Waals surface area contributed by atoms with E-state index < -0.39 is 6.10 Å². The van der Waals surface area contributed by atoms with E-state index in [0.29, 0.717) is 19.3 Å². The summed E-state index contributed by atoms with van der Waals surface area (Å²) in [6.07, 6.45) is 51.1. The molecule has 0 aromatic rings. The zero-order chi connectivity index (χ0) is 47.0. The molecule has 0 aliphatic rings. The molecule has 6 nitrogen and oxygen atoms in total. The maximum Gasteiger partial charge on any atom is 0.306 e. The molecule has 0 saturated carbocycles. The van der Waals surface area contributed by atoms with Crippen molar-refractivity contribution in [1.29, 1.82) is 0 Å². The van der Waals surface area contributed by atoms with Crippen LogP contribution in [0.1, 0.15) is 318 Å². The highest BCUT2D eigenvalue weighted by Gasteiger charge is 2.19. The highest BCUT2D eigenvalue weighted by molar-refractivity contribution is 5.71. The van der Waals surface area contributed by atoms with Crippen LogP contribution in [0.25, 0.3) is 0 Å². The van der Waals surface area contributed by atoms with Crippen LogP contribution >= 0.6 is 0 Å². The van der Waals surface area contributed by atoms with Crippen molar-refractivity contribution in [3.8, 4) is 0 Å². The highest BCUT2D eigenvalue weighted by Crippen LogP contribution is 2.18. The molecule has 0 heterocycles. The molecular formula is C58H112O6. The summed E-state index contributed by atoms with van der Waals surface area (Å²) in [6, 6.07) is 0. The molecule has 0 aliphatic carbocycles. The Kier molecular flexibility index (Phi) is 48.1. The molecular weight excluding hydrogens is 793 g/mol. The normalized spacial score (nSPS) is 12.1. The first-order chi connectivity index (χ1) is 31.1. The summed E-state index contributed by atoms with van der Waals surface area (Å²) in [5.74, 6) is 1.63. The standard InChI is InChI=1S/C58H112O6/c1-52(2)44-38-32-26-21-17-13-9-7-11-15-19-23-29-35-41-47-56(59)62-50-55(51-63-57(60)48-42-36-31-25-28-34-40-46-54(5)6)64-58(61)49-43-37-30-24-20-16-12-8-10-14-18-22-27-33-39-45-53(3)4/h52-55H,7-51H2,1-6H3/t55-/m1/s1. The Labute approximate surface area is 399 Å². The van der Waals surface area contributed by atoms with E-state index in [1.807, 2.05) is 0 Å². The van der Waals surface area contributed by atoms with Crippen molar-refractivity contribution in [3.05, 3.63) is 0 Å². The van der Waals surface area contributed by atoms with Crippen molar-refractivity contribution in [3.63, 3.8) is 0 Å². The Morgan fingerprint density at radius 1 is 0.266 bits per heavy atom. The van der Waals surface area contributed by atoms with Gasteiger partial charge in [-0.25, -0.2) is 0 Å². The van der Waals surface area contributed by atoms with Gasteiger partial charge in [0.2, 0.25) is 0 Å². The average molecular weight is 906 g/mol. The first-order valence-corrected chi connectivity index (χ1v) is 28.6. The average Bonchev–Trinajstić information content (AvgIpc) is 3.25. The first-order valence-electron chi connectivity index (χ1n) is 28.6. The first kappa shape index (κ1) is 62.4. The Balaban J connectivity index is 4.24. The molecule has 380 valence electrons. The summed E-state index contributed by atoms with van der Waals surface area (Å²) in [5, 5.41) is 0. The van der Waals surface area contributed by atoms with E-state index in [2.05, 4.69) is 41.5 Å². The molecule has 64 heavy (non-hydrogen) atoms. The highest BCUT2D eigenvalue weighted by atomic mass is 16.6. The number of ether oxygens (including phenoxy) is 3. The Bertz CT molecular complexity index is 991. The number of unbranched alkanes of at least 4 members (excludes halogenated alkanes) is 34. The maximum atomic E-state index is 12.8. The quantitative estimate of drug-likeness (QED) is 0.0344. The fourth-order valence-corrected chi connectivity index (χ4v) is 8.82. The molecule has 0 fully saturated rings. The molecule has 0 spiro atoms. The topological polar surface area (TPSA) is 78.9 Å². The molecule has 0 rings (SSSR count). The third-order valence-electron chi connectivity index (χ3n) is 13.1. The van der Waals surface area contributed by atoms with Crippen LogP contribution in [0.3, 0.4) is 0 Å². The molecule has 0 radical (unpaired) electrons. The Hall–Kier alpha value is -1.59. The van der Waals surface area contributed by atoms with Crippen LogP contribution in [0.4, 0.5) is 0 Å². The Morgan fingerprint density at radius 3 is 0.672 bits per heavy atom. The van der Waals surface area contributed by atoms with Crippen LogP contribution in [-0.4, -0.2) is 37.2 Å². The van der Waals surface area contributed by atoms with Gasteiger partial charge in [-0.15, -0.1) is 0 Å². The van der Waals surface area contributed by atoms with Crippen LogP contribution in [0.2, 0.25) is 0 Å². The van der Waals surface area contributed by atoms with Crippen molar-refractivity contribution < 1.29 is 28.6 Å². The van der Waals surface area contributed by atoms with Gasteiger partial charge in [0.25, 0.3) is 0 Å². The minimum Gasteiger partial charge on any atom is -0.462 e. The van der Waals surface area contributed by atoms with E-state index in [4.69, 9.17) is 14.2 Å². The molecule has 6 heteroatoms. The van der Waals surface area contributed by atoms with Gasteiger partial charge < -0.3 is 14.2 Å². The molecule has 0 aromatic carbocycles. The fourth-order valence-electron chi connectivity index (χ4n) is 8.82. The van der Waals surface area contributed by atoms with E-state index in [0.717, 1.165) is 75.5 Å². The third-order valence-corrected chi connectivity index (χ3v) is 13.1. The maximum absolute atomic E-state index is 12.8. The van der Waals surface area contributed by atoms with Crippen LogP contribution < -0.4 is 0 Å². The van der Waals surface area contributed by atoms with Gasteiger partial charge in [-0.1, -0.05) is 279 Å². The van der Waals surface area contributed by atoms with Crippen LogP contribution in [0.5, 0.6) is 0 Å². The second kappa shape index (κ2) is 49.3. The molecule has 0 unspecified atom stereocenters. The smallest absolute Gasteiger partial charge is 0.306 e. The van der Waals surface area contributed by atoms with E-state index in [9.17, 15) is 14.4 Å². The van der Waals surface area contributed by atoms with E-state index in [1.54, 1.807) is 0 Å². The van der Waals surface area contributed by atoms with Crippen molar-refractivity contribution in [2.75, 3.05) is 13.2 Å². The van der Waals surface area contributed by atoms with Crippen molar-refractivity contribution in [2.45, 2.75) is 324 Å². The number of carbonyl (C=O) groups is 3. The predicted octanol–water partition coefficient (Wildman–Crippen LogP) is 18.7. The zero-order valence-electron chi connectivity index (χ0n) is 44.1. The summed E-state index contributed by atoms with van der Waals surface area (Å²) in [5.41, 5.74) is 0. The van der Waals surface area contributed by atoms with Crippen molar-refractivity contribution >= 4 is 17.9 Å². The number of rotatable bonds is 51. The number of esters is 3. The molecule has 0 bridgehead atoms. The minimum absolute atomic E-state index is 0.0641. The van der Waals surface area contributed by atoms with Gasteiger partial charge in [-0.2, -0.15) is 0 Å². The Morgan fingerprint density at radius 2 is 0.453 bits per heavy atom. The third kappa shape index (κ3) is 51.4. The summed E-state index contributed by atoms with van der Waals surface area (Å²) in [6.45, 7) is 13.7. The fraction of sp³-hybridized carbons (Fsp3) is 0.948. The molecule has 0 N–H and O–H groups in total. The van der Waals surface area contributed by atoms with Gasteiger partial charge in [0.1, 0.15) is 13.2 Å². The van der Waals surface area contributed by atoms with Gasteiger partial charge in [0.15, 0.2) is 6.10 Å². The summed E-state index contributed by atoms with van der Waals surface area (Å²) in [7, 11) is 0. The van der Waals surface area contributed by atoms with E-state index >= 15 is 0 Å². The summed E-state index contributed by atoms with van der Waals surface area (Å²) < 4.78 is 16.9. The second-order valence-electron chi connectivity index (χ2n) is 21.4. The molecule has 0 aliphatic heterocycles. The van der Waals surface area contributed by atoms with Crippen molar-refractivity contribution in [1.82, 2.24) is 0 Å². The van der Waals surface area contributed by atoms with Crippen LogP contribution in [0, 0.1) is 17.8 Å². The lowest BCUT2D eigenvalue weighted by atomic mass is 10.0. The van der Waals surface area contributed by atoms with Crippen LogP contribution in [-0.2, 0) is 28.6 Å². The van der Waals surface area contributed by atoms with Gasteiger partial charge in [0.05, 0.1) is 0 Å².